The first-order valence-corrected chi connectivity index (χ1v) is 20.0. The second-order valence-electron chi connectivity index (χ2n) is 18.2. The molecule has 1 saturated heterocycles. The minimum atomic E-state index is -1.09. The first-order chi connectivity index (χ1) is 24.9. The summed E-state index contributed by atoms with van der Waals surface area (Å²) < 4.78 is 0. The van der Waals surface area contributed by atoms with Crippen molar-refractivity contribution in [1.82, 2.24) is 20.9 Å². The number of nitrogens with one attached hydrogen (secondary N) is 3. The maximum absolute atomic E-state index is 15.0. The molecule has 5 rings (SSSR count). The zero-order valence-corrected chi connectivity index (χ0v) is 32.9. The topological polar surface area (TPSA) is 168 Å². The molecule has 0 aromatic heterocycles. The number of ketones is 1. The molecule has 0 aromatic carbocycles. The number of carbonyl (C=O) groups is 6. The van der Waals surface area contributed by atoms with Crippen LogP contribution in [0.1, 0.15) is 125 Å². The van der Waals surface area contributed by atoms with Crippen LogP contribution in [0.5, 0.6) is 0 Å². The van der Waals surface area contributed by atoms with Crippen molar-refractivity contribution in [3.8, 4) is 0 Å². The molecular weight excluding hydrogens is 670 g/mol. The number of allylic oxidation sites excluding steroid dienone is 3. The fourth-order valence-corrected chi connectivity index (χ4v) is 10.4. The highest BCUT2D eigenvalue weighted by Crippen LogP contribution is 2.88. The average molecular weight is 734 g/mol. The van der Waals surface area contributed by atoms with Crippen molar-refractivity contribution >= 4 is 35.3 Å². The first kappa shape index (κ1) is 40.4. The van der Waals surface area contributed by atoms with Crippen LogP contribution >= 0.6 is 0 Å². The van der Waals surface area contributed by atoms with Crippen LogP contribution in [-0.4, -0.2) is 70.9 Å². The quantitative estimate of drug-likeness (QED) is 0.114. The van der Waals surface area contributed by atoms with Crippen LogP contribution in [0.4, 0.5) is 0 Å². The molecule has 1 heterocycles. The average Bonchev–Trinajstić information content (AvgIpc) is 3.28. The van der Waals surface area contributed by atoms with Crippen molar-refractivity contribution in [2.45, 2.75) is 149 Å². The Hall–Kier alpha value is -3.76. The van der Waals surface area contributed by atoms with Crippen molar-refractivity contribution in [3.05, 3.63) is 36.5 Å². The largest absolute Gasteiger partial charge is 0.363 e. The van der Waals surface area contributed by atoms with Gasteiger partial charge < -0.3 is 26.6 Å². The highest BCUT2D eigenvalue weighted by Gasteiger charge is 2.85. The Bertz CT molecular complexity index is 1540. The molecule has 53 heavy (non-hydrogen) atoms. The third kappa shape index (κ3) is 7.50. The fourth-order valence-electron chi connectivity index (χ4n) is 10.4. The van der Waals surface area contributed by atoms with Gasteiger partial charge in [-0.2, -0.15) is 0 Å². The van der Waals surface area contributed by atoms with Gasteiger partial charge in [-0.1, -0.05) is 104 Å². The van der Waals surface area contributed by atoms with Gasteiger partial charge in [0.05, 0.1) is 6.04 Å². The summed E-state index contributed by atoms with van der Waals surface area (Å²) in [6, 6.07) is -3.83. The van der Waals surface area contributed by atoms with Gasteiger partial charge in [0.2, 0.25) is 23.5 Å². The van der Waals surface area contributed by atoms with E-state index in [1.54, 1.807) is 23.1 Å². The summed E-state index contributed by atoms with van der Waals surface area (Å²) in [7, 11) is 0. The number of primary amides is 1. The minimum Gasteiger partial charge on any atom is -0.363 e. The van der Waals surface area contributed by atoms with Crippen molar-refractivity contribution in [3.63, 3.8) is 0 Å². The van der Waals surface area contributed by atoms with Crippen LogP contribution < -0.4 is 21.7 Å². The van der Waals surface area contributed by atoms with Gasteiger partial charge >= 0.3 is 0 Å². The summed E-state index contributed by atoms with van der Waals surface area (Å²) in [6.45, 7) is 16.1. The Kier molecular flexibility index (Phi) is 11.9. The Balaban J connectivity index is 1.44. The van der Waals surface area contributed by atoms with E-state index in [0.29, 0.717) is 25.0 Å². The van der Waals surface area contributed by atoms with Gasteiger partial charge in [-0.25, -0.2) is 0 Å². The molecule has 292 valence electrons. The SMILES string of the molecule is C=C/C(=C\C=C/C)C(=O)N[C@H](C(=O)N[C@H](C(=O)N1C[C@]2(C[C@H]1C(=O)NC(CC1CCC1)C(=O)C(N)=O)C(C)(C)C21CCC1)C(C)(C)C)C1CCCCC1. The van der Waals surface area contributed by atoms with E-state index in [1.165, 1.54) is 6.08 Å². The maximum Gasteiger partial charge on any atom is 0.287 e. The Labute approximate surface area is 315 Å². The molecule has 11 nitrogen and oxygen atoms in total. The van der Waals surface area contributed by atoms with E-state index in [0.717, 1.165) is 70.6 Å². The van der Waals surface area contributed by atoms with E-state index in [2.05, 4.69) is 36.4 Å². The molecule has 5 atom stereocenters. The number of likely N-dealkylation sites (tertiary alicyclic amines) is 1. The van der Waals surface area contributed by atoms with Crippen molar-refractivity contribution in [2.75, 3.05) is 6.54 Å². The fraction of sp³-hybridized carbons (Fsp3) is 0.714. The number of hydrogen-bond donors (Lipinski definition) is 4. The molecule has 0 radical (unpaired) electrons. The zero-order chi connectivity index (χ0) is 38.9. The first-order valence-electron chi connectivity index (χ1n) is 20.0. The molecule has 4 saturated carbocycles. The van der Waals surface area contributed by atoms with E-state index in [1.807, 2.05) is 27.7 Å². The van der Waals surface area contributed by atoms with Gasteiger partial charge in [0.25, 0.3) is 11.8 Å². The number of Topliss-reactive ketones (excluding diaryl/α,β-unsaturated/α-hetero) is 1. The maximum atomic E-state index is 15.0. The third-order valence-corrected chi connectivity index (χ3v) is 14.1. The van der Waals surface area contributed by atoms with Crippen LogP contribution in [0.25, 0.3) is 0 Å². The Morgan fingerprint density at radius 2 is 1.57 bits per heavy atom. The number of nitrogens with zero attached hydrogens (tertiary/aromatic N) is 1. The molecule has 0 aromatic rings. The number of nitrogens with two attached hydrogens (primary N) is 1. The molecule has 11 heteroatoms. The summed E-state index contributed by atoms with van der Waals surface area (Å²) in [5.41, 5.74) is 4.62. The third-order valence-electron chi connectivity index (χ3n) is 14.1. The summed E-state index contributed by atoms with van der Waals surface area (Å²) in [6.07, 6.45) is 17.9. The summed E-state index contributed by atoms with van der Waals surface area (Å²) >= 11 is 0. The molecule has 0 bridgehead atoms. The number of fused-ring (bicyclic) bond motifs is 1. The van der Waals surface area contributed by atoms with E-state index in [4.69, 9.17) is 5.73 Å². The number of carbonyl (C=O) groups excluding carboxylic acids is 6. The van der Waals surface area contributed by atoms with Gasteiger partial charge in [-0.3, -0.25) is 28.8 Å². The molecule has 1 unspecified atom stereocenters. The zero-order valence-electron chi connectivity index (χ0n) is 32.9. The van der Waals surface area contributed by atoms with Gasteiger partial charge in [-0.15, -0.1) is 0 Å². The van der Waals surface area contributed by atoms with Gasteiger partial charge in [0.15, 0.2) is 0 Å². The Morgan fingerprint density at radius 1 is 0.906 bits per heavy atom. The lowest BCUT2D eigenvalue weighted by Crippen LogP contribution is -2.62. The molecule has 1 aliphatic heterocycles. The summed E-state index contributed by atoms with van der Waals surface area (Å²) in [5, 5.41) is 8.93. The van der Waals surface area contributed by atoms with Crippen molar-refractivity contribution in [2.24, 2.45) is 39.2 Å². The highest BCUT2D eigenvalue weighted by molar-refractivity contribution is 6.37. The minimum absolute atomic E-state index is 0.0160. The van der Waals surface area contributed by atoms with Crippen LogP contribution in [-0.2, 0) is 28.8 Å². The second kappa shape index (κ2) is 15.5. The van der Waals surface area contributed by atoms with Gasteiger partial charge in [0.1, 0.15) is 18.1 Å². The highest BCUT2D eigenvalue weighted by atomic mass is 16.2. The van der Waals surface area contributed by atoms with Crippen LogP contribution in [0.3, 0.4) is 0 Å². The normalized spacial score (nSPS) is 26.9. The number of amides is 5. The molecule has 5 N–H and O–H groups in total. The number of hydrogen-bond acceptors (Lipinski definition) is 6. The number of rotatable bonds is 14. The smallest absolute Gasteiger partial charge is 0.287 e. The van der Waals surface area contributed by atoms with E-state index in [-0.39, 0.29) is 34.0 Å². The monoisotopic (exact) mass is 733 g/mol. The van der Waals surface area contributed by atoms with E-state index >= 15 is 4.79 Å². The summed E-state index contributed by atoms with van der Waals surface area (Å²) in [4.78, 5) is 83.9. The summed E-state index contributed by atoms with van der Waals surface area (Å²) in [5.74, 6) is -3.49. The molecule has 5 fully saturated rings. The van der Waals surface area contributed by atoms with Crippen LogP contribution in [0, 0.1) is 33.5 Å². The Morgan fingerprint density at radius 3 is 2.06 bits per heavy atom. The predicted octanol–water partition coefficient (Wildman–Crippen LogP) is 4.80. The van der Waals surface area contributed by atoms with Crippen LogP contribution in [0.2, 0.25) is 0 Å². The lowest BCUT2D eigenvalue weighted by atomic mass is 9.73. The molecule has 2 spiro atoms. The van der Waals surface area contributed by atoms with E-state index in [9.17, 15) is 24.0 Å². The van der Waals surface area contributed by atoms with Gasteiger partial charge in [0, 0.05) is 17.5 Å². The molecule has 4 aliphatic carbocycles. The lowest BCUT2D eigenvalue weighted by Gasteiger charge is -2.38. The predicted molar refractivity (Wildman–Crippen MR) is 204 cm³/mol. The van der Waals surface area contributed by atoms with Gasteiger partial charge in [-0.05, 0) is 79.6 Å². The molecular formula is C42H63N5O6. The molecule has 5 aliphatic rings. The molecule has 5 amide bonds. The van der Waals surface area contributed by atoms with E-state index < -0.39 is 59.0 Å². The van der Waals surface area contributed by atoms with Crippen LogP contribution in [0.15, 0.2) is 36.5 Å². The second-order valence-corrected chi connectivity index (χ2v) is 18.2. The lowest BCUT2D eigenvalue weighted by molar-refractivity contribution is -0.145. The standard InChI is InChI=1S/C42H63N5O6/c1-8-10-18-27(9-2)35(50)45-31(28-19-12-11-13-20-28)37(52)46-33(39(3,4)5)38(53)47-25-42(40(6,7)41(42)21-15-22-41)24-30(47)36(51)44-29(32(48)34(43)49)23-26-16-14-17-26/h8-10,18,26,28-31,33H,2,11-17,19-25H2,1,3-7H3,(H2,43,49)(H,44,51)(H,45,50)(H,46,52)/b10-8-,27-18+/t29?,30-,31-,33+,42+/m0/s1. The van der Waals surface area contributed by atoms with Crippen molar-refractivity contribution < 1.29 is 28.8 Å². The van der Waals surface area contributed by atoms with Crippen molar-refractivity contribution in [1.29, 1.82) is 0 Å².